The van der Waals surface area contributed by atoms with Gasteiger partial charge in [-0.1, -0.05) is 19.8 Å². The minimum absolute atomic E-state index is 0.0860. The van der Waals surface area contributed by atoms with Crippen molar-refractivity contribution in [1.29, 1.82) is 0 Å². The molecule has 2 heterocycles. The first-order valence-corrected chi connectivity index (χ1v) is 8.55. The third-order valence-electron chi connectivity index (χ3n) is 3.79. The first-order chi connectivity index (χ1) is 9.54. The first-order valence-electron chi connectivity index (χ1n) is 7.11. The lowest BCUT2D eigenvalue weighted by Crippen LogP contribution is -2.32. The van der Waals surface area contributed by atoms with Crippen LogP contribution in [0.1, 0.15) is 39.0 Å². The van der Waals surface area contributed by atoms with E-state index < -0.39 is 10.0 Å². The Labute approximate surface area is 120 Å². The summed E-state index contributed by atoms with van der Waals surface area (Å²) in [6, 6.07) is 0. The maximum absolute atomic E-state index is 12.5. The van der Waals surface area contributed by atoms with Gasteiger partial charge in [0.15, 0.2) is 0 Å². The minimum Gasteiger partial charge on any atom is -0.368 e. The summed E-state index contributed by atoms with van der Waals surface area (Å²) in [4.78, 5) is 7.66. The molecule has 0 bridgehead atoms. The SMILES string of the molecule is CCCC1CCCN(S(=O)(=O)c2cnc(N)nc2)CC1. The third kappa shape index (κ3) is 3.46. The smallest absolute Gasteiger partial charge is 0.246 e. The van der Waals surface area contributed by atoms with Crippen LogP contribution in [0.15, 0.2) is 17.3 Å². The monoisotopic (exact) mass is 298 g/mol. The molecule has 0 saturated carbocycles. The molecule has 2 rings (SSSR count). The van der Waals surface area contributed by atoms with Gasteiger partial charge in [-0.25, -0.2) is 18.4 Å². The Morgan fingerprint density at radius 3 is 2.65 bits per heavy atom. The number of nitrogens with zero attached hydrogens (tertiary/aromatic N) is 3. The average molecular weight is 298 g/mol. The summed E-state index contributed by atoms with van der Waals surface area (Å²) >= 11 is 0. The van der Waals surface area contributed by atoms with Gasteiger partial charge in [-0.05, 0) is 25.2 Å². The van der Waals surface area contributed by atoms with E-state index in [1.807, 2.05) is 0 Å². The number of sulfonamides is 1. The highest BCUT2D eigenvalue weighted by atomic mass is 32.2. The van der Waals surface area contributed by atoms with Crippen molar-refractivity contribution in [3.8, 4) is 0 Å². The molecule has 2 N–H and O–H groups in total. The molecule has 0 radical (unpaired) electrons. The molecular weight excluding hydrogens is 276 g/mol. The summed E-state index contributed by atoms with van der Waals surface area (Å²) in [5.41, 5.74) is 5.39. The topological polar surface area (TPSA) is 89.2 Å². The molecule has 1 aromatic rings. The van der Waals surface area contributed by atoms with E-state index >= 15 is 0 Å². The van der Waals surface area contributed by atoms with Crippen molar-refractivity contribution < 1.29 is 8.42 Å². The second-order valence-corrected chi connectivity index (χ2v) is 7.20. The van der Waals surface area contributed by atoms with Crippen LogP contribution in [-0.2, 0) is 10.0 Å². The van der Waals surface area contributed by atoms with E-state index in [9.17, 15) is 8.42 Å². The van der Waals surface area contributed by atoms with E-state index in [-0.39, 0.29) is 10.8 Å². The minimum atomic E-state index is -3.49. The Balaban J connectivity index is 2.11. The van der Waals surface area contributed by atoms with Gasteiger partial charge in [-0.15, -0.1) is 0 Å². The second kappa shape index (κ2) is 6.49. The average Bonchev–Trinajstić information content (AvgIpc) is 2.66. The van der Waals surface area contributed by atoms with Gasteiger partial charge in [0.25, 0.3) is 0 Å². The molecule has 0 amide bonds. The van der Waals surface area contributed by atoms with Gasteiger partial charge in [0.1, 0.15) is 4.90 Å². The van der Waals surface area contributed by atoms with E-state index in [4.69, 9.17) is 5.73 Å². The van der Waals surface area contributed by atoms with Crippen LogP contribution in [0.4, 0.5) is 5.95 Å². The third-order valence-corrected chi connectivity index (χ3v) is 5.64. The van der Waals surface area contributed by atoms with Crippen molar-refractivity contribution in [3.63, 3.8) is 0 Å². The van der Waals surface area contributed by atoms with Crippen LogP contribution in [0.5, 0.6) is 0 Å². The molecular formula is C13H22N4O2S. The standard InChI is InChI=1S/C13H22N4O2S/c1-2-4-11-5-3-7-17(8-6-11)20(18,19)12-9-15-13(14)16-10-12/h9-11H,2-8H2,1H3,(H2,14,15,16). The summed E-state index contributed by atoms with van der Waals surface area (Å²) in [5.74, 6) is 0.727. The normalized spacial score (nSPS) is 21.6. The number of aromatic nitrogens is 2. The van der Waals surface area contributed by atoms with Gasteiger partial charge in [-0.3, -0.25) is 0 Å². The zero-order chi connectivity index (χ0) is 14.6. The molecule has 0 aliphatic carbocycles. The lowest BCUT2D eigenvalue weighted by molar-refractivity contribution is 0.399. The second-order valence-electron chi connectivity index (χ2n) is 5.27. The molecule has 1 fully saturated rings. The molecule has 0 spiro atoms. The van der Waals surface area contributed by atoms with Gasteiger partial charge in [0, 0.05) is 13.1 Å². The fraction of sp³-hybridized carbons (Fsp3) is 0.692. The maximum atomic E-state index is 12.5. The number of rotatable bonds is 4. The number of nitrogen functional groups attached to an aromatic ring is 1. The van der Waals surface area contributed by atoms with E-state index in [0.29, 0.717) is 19.0 Å². The molecule has 112 valence electrons. The van der Waals surface area contributed by atoms with E-state index in [2.05, 4.69) is 16.9 Å². The first kappa shape index (κ1) is 15.2. The molecule has 20 heavy (non-hydrogen) atoms. The number of hydrogen-bond donors (Lipinski definition) is 1. The van der Waals surface area contributed by atoms with Crippen LogP contribution in [-0.4, -0.2) is 35.8 Å². The molecule has 0 aromatic carbocycles. The highest BCUT2D eigenvalue weighted by molar-refractivity contribution is 7.89. The van der Waals surface area contributed by atoms with Crippen molar-refractivity contribution in [2.45, 2.75) is 43.9 Å². The van der Waals surface area contributed by atoms with Crippen LogP contribution >= 0.6 is 0 Å². The Morgan fingerprint density at radius 1 is 1.30 bits per heavy atom. The molecule has 6 nitrogen and oxygen atoms in total. The molecule has 1 aromatic heterocycles. The van der Waals surface area contributed by atoms with Crippen LogP contribution in [0.2, 0.25) is 0 Å². The zero-order valence-electron chi connectivity index (χ0n) is 11.8. The molecule has 7 heteroatoms. The summed E-state index contributed by atoms with van der Waals surface area (Å²) in [6.07, 6.45) is 7.86. The number of anilines is 1. The van der Waals surface area contributed by atoms with Crippen LogP contribution in [0.25, 0.3) is 0 Å². The molecule has 1 atom stereocenters. The Morgan fingerprint density at radius 2 is 2.00 bits per heavy atom. The summed E-state index contributed by atoms with van der Waals surface area (Å²) in [7, 11) is -3.49. The van der Waals surface area contributed by atoms with Crippen molar-refractivity contribution in [3.05, 3.63) is 12.4 Å². The van der Waals surface area contributed by atoms with Crippen LogP contribution in [0, 0.1) is 5.92 Å². The fourth-order valence-electron chi connectivity index (χ4n) is 2.68. The largest absolute Gasteiger partial charge is 0.368 e. The van der Waals surface area contributed by atoms with Crippen molar-refractivity contribution in [1.82, 2.24) is 14.3 Å². The molecule has 1 unspecified atom stereocenters. The van der Waals surface area contributed by atoms with E-state index in [1.165, 1.54) is 18.8 Å². The van der Waals surface area contributed by atoms with Crippen LogP contribution in [0.3, 0.4) is 0 Å². The number of hydrogen-bond acceptors (Lipinski definition) is 5. The summed E-state index contributed by atoms with van der Waals surface area (Å²) < 4.78 is 26.6. The molecule has 1 aliphatic rings. The van der Waals surface area contributed by atoms with Crippen molar-refractivity contribution in [2.24, 2.45) is 5.92 Å². The van der Waals surface area contributed by atoms with Gasteiger partial charge in [0.2, 0.25) is 16.0 Å². The predicted octanol–water partition coefficient (Wildman–Crippen LogP) is 1.65. The quantitative estimate of drug-likeness (QED) is 0.913. The summed E-state index contributed by atoms with van der Waals surface area (Å²) in [5, 5.41) is 0. The Bertz CT molecular complexity index is 530. The Kier molecular flexibility index (Phi) is 4.93. The summed E-state index contributed by atoms with van der Waals surface area (Å²) in [6.45, 7) is 3.33. The van der Waals surface area contributed by atoms with Crippen LogP contribution < -0.4 is 5.73 Å². The fourth-order valence-corrected chi connectivity index (χ4v) is 4.07. The van der Waals surface area contributed by atoms with E-state index in [0.717, 1.165) is 25.7 Å². The van der Waals surface area contributed by atoms with E-state index in [1.54, 1.807) is 4.31 Å². The highest BCUT2D eigenvalue weighted by Crippen LogP contribution is 2.25. The van der Waals surface area contributed by atoms with Gasteiger partial charge < -0.3 is 5.73 Å². The molecule has 1 aliphatic heterocycles. The Hall–Kier alpha value is -1.21. The predicted molar refractivity (Wildman–Crippen MR) is 77.5 cm³/mol. The van der Waals surface area contributed by atoms with Crippen molar-refractivity contribution in [2.75, 3.05) is 18.8 Å². The zero-order valence-corrected chi connectivity index (χ0v) is 12.6. The lowest BCUT2D eigenvalue weighted by Gasteiger charge is -2.19. The van der Waals surface area contributed by atoms with Gasteiger partial charge in [0.05, 0.1) is 12.4 Å². The maximum Gasteiger partial charge on any atom is 0.246 e. The van der Waals surface area contributed by atoms with Gasteiger partial charge >= 0.3 is 0 Å². The highest BCUT2D eigenvalue weighted by Gasteiger charge is 2.27. The molecule has 1 saturated heterocycles. The lowest BCUT2D eigenvalue weighted by atomic mass is 9.96. The van der Waals surface area contributed by atoms with Gasteiger partial charge in [-0.2, -0.15) is 4.31 Å². The number of nitrogens with two attached hydrogens (primary N) is 1. The van der Waals surface area contributed by atoms with Crippen molar-refractivity contribution >= 4 is 16.0 Å².